The van der Waals surface area contributed by atoms with Crippen LogP contribution in [-0.4, -0.2) is 27.7 Å². The van der Waals surface area contributed by atoms with Crippen molar-refractivity contribution in [1.29, 1.82) is 0 Å². The molecule has 0 fully saturated rings. The Morgan fingerprint density at radius 2 is 1.89 bits per heavy atom. The summed E-state index contributed by atoms with van der Waals surface area (Å²) in [5, 5.41) is 3.43. The number of aryl methyl sites for hydroxylation is 1. The van der Waals surface area contributed by atoms with E-state index in [4.69, 9.17) is 9.47 Å². The van der Waals surface area contributed by atoms with Crippen molar-refractivity contribution in [1.82, 2.24) is 14.4 Å². The zero-order valence-electron chi connectivity index (χ0n) is 15.3. The maximum atomic E-state index is 5.50. The van der Waals surface area contributed by atoms with Crippen molar-refractivity contribution in [2.24, 2.45) is 0 Å². The number of nitrogens with one attached hydrogen (secondary N) is 1. The molecule has 1 aliphatic rings. The van der Waals surface area contributed by atoms with Crippen molar-refractivity contribution < 1.29 is 9.47 Å². The fourth-order valence-electron chi connectivity index (χ4n) is 3.46. The summed E-state index contributed by atoms with van der Waals surface area (Å²) in [7, 11) is 0. The topological polar surface area (TPSA) is 60.7 Å². The van der Waals surface area contributed by atoms with Crippen LogP contribution >= 0.6 is 0 Å². The van der Waals surface area contributed by atoms with E-state index in [0.29, 0.717) is 0 Å². The van der Waals surface area contributed by atoms with E-state index < -0.39 is 0 Å². The molecule has 28 heavy (non-hydrogen) atoms. The average molecular weight is 372 g/mol. The van der Waals surface area contributed by atoms with E-state index in [9.17, 15) is 0 Å². The highest BCUT2D eigenvalue weighted by molar-refractivity contribution is 5.71. The standard InChI is InChI=1S/C22H20N4O2/c1-2-5-16(6-3-1)7-4-10-23-21-22-24-11-12-26(22)18(14-25-21)17-8-9-19-20(13-17)28-15-27-19/h1-3,5-6,8-9,11-14H,4,7,10,15H2,(H,23,25). The summed E-state index contributed by atoms with van der Waals surface area (Å²) >= 11 is 0. The highest BCUT2D eigenvalue weighted by Gasteiger charge is 2.16. The minimum absolute atomic E-state index is 0.267. The van der Waals surface area contributed by atoms with Gasteiger partial charge in [-0.15, -0.1) is 0 Å². The maximum Gasteiger partial charge on any atom is 0.231 e. The number of imidazole rings is 1. The summed E-state index contributed by atoms with van der Waals surface area (Å²) in [5.41, 5.74) is 4.13. The van der Waals surface area contributed by atoms with Gasteiger partial charge in [0.1, 0.15) is 0 Å². The van der Waals surface area contributed by atoms with Gasteiger partial charge in [0.25, 0.3) is 0 Å². The molecule has 0 spiro atoms. The van der Waals surface area contributed by atoms with Crippen LogP contribution in [0.1, 0.15) is 12.0 Å². The Morgan fingerprint density at radius 1 is 1.00 bits per heavy atom. The van der Waals surface area contributed by atoms with Crippen molar-refractivity contribution in [3.05, 3.63) is 72.7 Å². The molecule has 2 aromatic heterocycles. The van der Waals surface area contributed by atoms with Gasteiger partial charge in [0.05, 0.1) is 11.9 Å². The van der Waals surface area contributed by atoms with Gasteiger partial charge in [-0.25, -0.2) is 9.97 Å². The van der Waals surface area contributed by atoms with E-state index in [1.807, 2.05) is 41.1 Å². The Kier molecular flexibility index (Phi) is 4.29. The Morgan fingerprint density at radius 3 is 2.82 bits per heavy atom. The van der Waals surface area contributed by atoms with Gasteiger partial charge >= 0.3 is 0 Å². The molecule has 0 saturated heterocycles. The van der Waals surface area contributed by atoms with Crippen LogP contribution in [0.25, 0.3) is 16.9 Å². The molecule has 6 heteroatoms. The second-order valence-electron chi connectivity index (χ2n) is 6.70. The lowest BCUT2D eigenvalue weighted by Gasteiger charge is -2.11. The first-order valence-corrected chi connectivity index (χ1v) is 9.38. The molecule has 5 rings (SSSR count). The molecule has 0 amide bonds. The zero-order chi connectivity index (χ0) is 18.8. The van der Waals surface area contributed by atoms with Gasteiger partial charge in [-0.2, -0.15) is 0 Å². The quantitative estimate of drug-likeness (QED) is 0.515. The summed E-state index contributed by atoms with van der Waals surface area (Å²) < 4.78 is 12.9. The monoisotopic (exact) mass is 372 g/mol. The minimum atomic E-state index is 0.267. The molecule has 3 heterocycles. The lowest BCUT2D eigenvalue weighted by atomic mass is 10.1. The summed E-state index contributed by atoms with van der Waals surface area (Å²) in [6.45, 7) is 1.11. The predicted molar refractivity (Wildman–Crippen MR) is 108 cm³/mol. The van der Waals surface area contributed by atoms with Crippen LogP contribution in [0.5, 0.6) is 11.5 Å². The number of rotatable bonds is 6. The van der Waals surface area contributed by atoms with Crippen molar-refractivity contribution in [3.63, 3.8) is 0 Å². The van der Waals surface area contributed by atoms with E-state index >= 15 is 0 Å². The third-order valence-corrected chi connectivity index (χ3v) is 4.87. The van der Waals surface area contributed by atoms with Crippen LogP contribution in [0.2, 0.25) is 0 Å². The smallest absolute Gasteiger partial charge is 0.231 e. The molecule has 0 aliphatic carbocycles. The van der Waals surface area contributed by atoms with Gasteiger partial charge in [0.15, 0.2) is 23.0 Å². The summed E-state index contributed by atoms with van der Waals surface area (Å²) in [6, 6.07) is 16.4. The van der Waals surface area contributed by atoms with Crippen molar-refractivity contribution >= 4 is 11.5 Å². The van der Waals surface area contributed by atoms with Crippen LogP contribution in [0.4, 0.5) is 5.82 Å². The van der Waals surface area contributed by atoms with E-state index in [-0.39, 0.29) is 6.79 Å². The van der Waals surface area contributed by atoms with E-state index in [2.05, 4.69) is 39.6 Å². The van der Waals surface area contributed by atoms with E-state index in [0.717, 1.165) is 53.6 Å². The molecule has 0 atom stereocenters. The predicted octanol–water partition coefficient (Wildman–Crippen LogP) is 4.17. The largest absolute Gasteiger partial charge is 0.454 e. The minimum Gasteiger partial charge on any atom is -0.454 e. The van der Waals surface area contributed by atoms with Crippen LogP contribution in [0.3, 0.4) is 0 Å². The third-order valence-electron chi connectivity index (χ3n) is 4.87. The second kappa shape index (κ2) is 7.23. The fraction of sp³-hybridized carbons (Fsp3) is 0.182. The van der Waals surface area contributed by atoms with Crippen molar-refractivity contribution in [3.8, 4) is 22.8 Å². The molecule has 0 unspecified atom stereocenters. The number of hydrogen-bond acceptors (Lipinski definition) is 5. The first-order chi connectivity index (χ1) is 13.9. The highest BCUT2D eigenvalue weighted by Crippen LogP contribution is 2.36. The molecule has 6 nitrogen and oxygen atoms in total. The number of benzene rings is 2. The van der Waals surface area contributed by atoms with Gasteiger partial charge in [-0.05, 0) is 36.6 Å². The second-order valence-corrected chi connectivity index (χ2v) is 6.70. The maximum absolute atomic E-state index is 5.50. The fourth-order valence-corrected chi connectivity index (χ4v) is 3.46. The summed E-state index contributed by atoms with van der Waals surface area (Å²) in [4.78, 5) is 9.12. The van der Waals surface area contributed by atoms with Crippen LogP contribution in [-0.2, 0) is 6.42 Å². The van der Waals surface area contributed by atoms with E-state index in [1.165, 1.54) is 5.56 Å². The average Bonchev–Trinajstić information content (AvgIpc) is 3.41. The lowest BCUT2D eigenvalue weighted by Crippen LogP contribution is -2.07. The van der Waals surface area contributed by atoms with E-state index in [1.54, 1.807) is 6.20 Å². The van der Waals surface area contributed by atoms with Gasteiger partial charge in [-0.1, -0.05) is 30.3 Å². The lowest BCUT2D eigenvalue weighted by molar-refractivity contribution is 0.174. The summed E-state index contributed by atoms with van der Waals surface area (Å²) in [6.07, 6.45) is 7.68. The van der Waals surface area contributed by atoms with Gasteiger partial charge in [0, 0.05) is 24.5 Å². The number of hydrogen-bond donors (Lipinski definition) is 1. The van der Waals surface area contributed by atoms with Crippen molar-refractivity contribution in [2.75, 3.05) is 18.7 Å². The molecule has 0 bridgehead atoms. The molecule has 1 aliphatic heterocycles. The molecular weight excluding hydrogens is 352 g/mol. The van der Waals surface area contributed by atoms with Crippen LogP contribution < -0.4 is 14.8 Å². The molecule has 1 N–H and O–H groups in total. The third kappa shape index (κ3) is 3.13. The Hall–Kier alpha value is -3.54. The zero-order valence-corrected chi connectivity index (χ0v) is 15.3. The number of ether oxygens (including phenoxy) is 2. The Balaban J connectivity index is 1.34. The van der Waals surface area contributed by atoms with Crippen LogP contribution in [0.15, 0.2) is 67.1 Å². The highest BCUT2D eigenvalue weighted by atomic mass is 16.7. The molecule has 4 aromatic rings. The molecule has 140 valence electrons. The number of aromatic nitrogens is 3. The number of anilines is 1. The van der Waals surface area contributed by atoms with Gasteiger partial charge in [-0.3, -0.25) is 4.40 Å². The molecule has 0 saturated carbocycles. The van der Waals surface area contributed by atoms with Gasteiger partial charge < -0.3 is 14.8 Å². The van der Waals surface area contributed by atoms with Gasteiger partial charge in [0.2, 0.25) is 6.79 Å². The molecule has 2 aromatic carbocycles. The Labute approximate surface area is 162 Å². The van der Waals surface area contributed by atoms with Crippen LogP contribution in [0, 0.1) is 0 Å². The number of nitrogens with zero attached hydrogens (tertiary/aromatic N) is 3. The number of fused-ring (bicyclic) bond motifs is 2. The summed E-state index contributed by atoms with van der Waals surface area (Å²) in [5.74, 6) is 2.33. The molecule has 0 radical (unpaired) electrons. The normalized spacial score (nSPS) is 12.4. The van der Waals surface area contributed by atoms with Crippen molar-refractivity contribution in [2.45, 2.75) is 12.8 Å². The Bertz CT molecular complexity index is 1110. The SMILES string of the molecule is c1ccc(CCCNc2ncc(-c3ccc4c(c3)OCO4)n3ccnc23)cc1. The molecular formula is C22H20N4O2. The first-order valence-electron chi connectivity index (χ1n) is 9.38. The first kappa shape index (κ1) is 16.6.